The highest BCUT2D eigenvalue weighted by molar-refractivity contribution is 5.87. The molecule has 4 nitrogen and oxygen atoms in total. The molecule has 78 valence electrons. The van der Waals surface area contributed by atoms with Crippen LogP contribution in [-0.4, -0.2) is 20.5 Å². The Labute approximate surface area is 87.2 Å². The number of carboxylic acid groups (broad SMARTS) is 1. The third-order valence-electron chi connectivity index (χ3n) is 2.37. The van der Waals surface area contributed by atoms with Crippen LogP contribution < -0.4 is 0 Å². The molecule has 15 heavy (non-hydrogen) atoms. The van der Waals surface area contributed by atoms with Crippen molar-refractivity contribution in [2.45, 2.75) is 19.8 Å². The molecule has 0 saturated carbocycles. The maximum absolute atomic E-state index is 10.8. The standard InChI is InChI=1S/C11H12N2O2/c1-7(2)9-5-12-10-4-3-8(11(14)15)6-13(9)10/h3-7H,1-2H3,(H,14,15). The van der Waals surface area contributed by atoms with Gasteiger partial charge in [0.05, 0.1) is 5.56 Å². The largest absolute Gasteiger partial charge is 0.478 e. The van der Waals surface area contributed by atoms with Crippen LogP contribution in [0.4, 0.5) is 0 Å². The van der Waals surface area contributed by atoms with Gasteiger partial charge in [-0.05, 0) is 18.1 Å². The molecule has 0 aromatic carbocycles. The second-order valence-electron chi connectivity index (χ2n) is 3.79. The average molecular weight is 204 g/mol. The highest BCUT2D eigenvalue weighted by Crippen LogP contribution is 2.16. The first-order valence-electron chi connectivity index (χ1n) is 4.80. The summed E-state index contributed by atoms with van der Waals surface area (Å²) in [4.78, 5) is 15.0. The molecule has 0 aliphatic heterocycles. The van der Waals surface area contributed by atoms with Gasteiger partial charge in [0.25, 0.3) is 0 Å². The fraction of sp³-hybridized carbons (Fsp3) is 0.273. The van der Waals surface area contributed by atoms with Crippen LogP contribution in [0.25, 0.3) is 5.65 Å². The molecule has 0 bridgehead atoms. The van der Waals surface area contributed by atoms with E-state index in [0.717, 1.165) is 11.3 Å². The summed E-state index contributed by atoms with van der Waals surface area (Å²) in [7, 11) is 0. The molecule has 2 aromatic rings. The molecular weight excluding hydrogens is 192 g/mol. The summed E-state index contributed by atoms with van der Waals surface area (Å²) < 4.78 is 1.83. The fourth-order valence-electron chi connectivity index (χ4n) is 1.55. The molecule has 1 N–H and O–H groups in total. The number of carbonyl (C=O) groups is 1. The minimum Gasteiger partial charge on any atom is -0.478 e. The predicted molar refractivity (Wildman–Crippen MR) is 56.2 cm³/mol. The van der Waals surface area contributed by atoms with Crippen LogP contribution in [0.15, 0.2) is 24.5 Å². The van der Waals surface area contributed by atoms with E-state index in [9.17, 15) is 4.79 Å². The van der Waals surface area contributed by atoms with Crippen molar-refractivity contribution >= 4 is 11.6 Å². The topological polar surface area (TPSA) is 54.6 Å². The van der Waals surface area contributed by atoms with Gasteiger partial charge in [-0.15, -0.1) is 0 Å². The zero-order chi connectivity index (χ0) is 11.0. The molecule has 0 aliphatic carbocycles. The van der Waals surface area contributed by atoms with E-state index in [4.69, 9.17) is 5.11 Å². The van der Waals surface area contributed by atoms with E-state index in [2.05, 4.69) is 18.8 Å². The van der Waals surface area contributed by atoms with E-state index in [1.807, 2.05) is 4.40 Å². The van der Waals surface area contributed by atoms with Gasteiger partial charge < -0.3 is 9.51 Å². The lowest BCUT2D eigenvalue weighted by atomic mass is 10.1. The Hall–Kier alpha value is -1.84. The fourth-order valence-corrected chi connectivity index (χ4v) is 1.55. The highest BCUT2D eigenvalue weighted by atomic mass is 16.4. The van der Waals surface area contributed by atoms with Crippen LogP contribution in [0.1, 0.15) is 35.8 Å². The summed E-state index contributed by atoms with van der Waals surface area (Å²) in [5, 5.41) is 8.88. The molecule has 0 amide bonds. The number of fused-ring (bicyclic) bond motifs is 1. The molecule has 4 heteroatoms. The monoisotopic (exact) mass is 204 g/mol. The van der Waals surface area contributed by atoms with Gasteiger partial charge in [0.2, 0.25) is 0 Å². The number of aromatic carboxylic acids is 1. The Kier molecular flexibility index (Phi) is 2.19. The number of aromatic nitrogens is 2. The Bertz CT molecular complexity index is 514. The van der Waals surface area contributed by atoms with Crippen LogP contribution in [0.3, 0.4) is 0 Å². The van der Waals surface area contributed by atoms with E-state index in [0.29, 0.717) is 5.92 Å². The number of pyridine rings is 1. The molecule has 2 rings (SSSR count). The summed E-state index contributed by atoms with van der Waals surface area (Å²) in [6.07, 6.45) is 3.39. The third-order valence-corrected chi connectivity index (χ3v) is 2.37. The molecule has 2 aromatic heterocycles. The Morgan fingerprint density at radius 3 is 2.80 bits per heavy atom. The van der Waals surface area contributed by atoms with E-state index in [1.54, 1.807) is 24.5 Å². The summed E-state index contributed by atoms with van der Waals surface area (Å²) in [6.45, 7) is 4.10. The first-order chi connectivity index (χ1) is 7.09. The van der Waals surface area contributed by atoms with Gasteiger partial charge in [-0.3, -0.25) is 0 Å². The smallest absolute Gasteiger partial charge is 0.337 e. The second-order valence-corrected chi connectivity index (χ2v) is 3.79. The van der Waals surface area contributed by atoms with Crippen molar-refractivity contribution in [2.24, 2.45) is 0 Å². The van der Waals surface area contributed by atoms with Crippen molar-refractivity contribution in [3.63, 3.8) is 0 Å². The molecule has 0 saturated heterocycles. The first-order valence-corrected chi connectivity index (χ1v) is 4.80. The molecule has 0 atom stereocenters. The van der Waals surface area contributed by atoms with Gasteiger partial charge in [-0.25, -0.2) is 9.78 Å². The van der Waals surface area contributed by atoms with E-state index in [-0.39, 0.29) is 5.56 Å². The SMILES string of the molecule is CC(C)c1cnc2ccc(C(=O)O)cn12. The number of imidazole rings is 1. The number of hydrogen-bond donors (Lipinski definition) is 1. The molecule has 0 fully saturated rings. The highest BCUT2D eigenvalue weighted by Gasteiger charge is 2.09. The summed E-state index contributed by atoms with van der Waals surface area (Å²) in [6, 6.07) is 3.28. The summed E-state index contributed by atoms with van der Waals surface area (Å²) in [5.41, 5.74) is 2.08. The molecule has 0 unspecified atom stereocenters. The van der Waals surface area contributed by atoms with Crippen molar-refractivity contribution in [3.05, 3.63) is 35.8 Å². The zero-order valence-corrected chi connectivity index (χ0v) is 8.64. The average Bonchev–Trinajstić information content (AvgIpc) is 2.59. The minimum atomic E-state index is -0.916. The van der Waals surface area contributed by atoms with Gasteiger partial charge in [-0.2, -0.15) is 0 Å². The lowest BCUT2D eigenvalue weighted by Crippen LogP contribution is -2.01. The van der Waals surface area contributed by atoms with Crippen LogP contribution in [0.5, 0.6) is 0 Å². The minimum absolute atomic E-state index is 0.280. The Morgan fingerprint density at radius 1 is 1.47 bits per heavy atom. The maximum Gasteiger partial charge on any atom is 0.337 e. The molecule has 0 aliphatic rings. The molecule has 0 spiro atoms. The second kappa shape index (κ2) is 3.38. The third kappa shape index (κ3) is 1.58. The quantitative estimate of drug-likeness (QED) is 0.815. The van der Waals surface area contributed by atoms with Crippen molar-refractivity contribution in [3.8, 4) is 0 Å². The van der Waals surface area contributed by atoms with Crippen LogP contribution in [-0.2, 0) is 0 Å². The normalized spacial score (nSPS) is 11.1. The first kappa shape index (κ1) is 9.71. The van der Waals surface area contributed by atoms with Gasteiger partial charge in [0, 0.05) is 18.1 Å². The molecule has 0 radical (unpaired) electrons. The predicted octanol–water partition coefficient (Wildman–Crippen LogP) is 2.16. The number of carboxylic acids is 1. The van der Waals surface area contributed by atoms with Crippen molar-refractivity contribution in [2.75, 3.05) is 0 Å². The van der Waals surface area contributed by atoms with Crippen molar-refractivity contribution < 1.29 is 9.90 Å². The lowest BCUT2D eigenvalue weighted by Gasteiger charge is -2.05. The summed E-state index contributed by atoms with van der Waals surface area (Å²) >= 11 is 0. The lowest BCUT2D eigenvalue weighted by molar-refractivity contribution is 0.0696. The van der Waals surface area contributed by atoms with Crippen LogP contribution in [0.2, 0.25) is 0 Å². The number of rotatable bonds is 2. The van der Waals surface area contributed by atoms with Crippen LogP contribution >= 0.6 is 0 Å². The van der Waals surface area contributed by atoms with Gasteiger partial charge in [0.1, 0.15) is 5.65 Å². The van der Waals surface area contributed by atoms with Gasteiger partial charge in [-0.1, -0.05) is 13.8 Å². The summed E-state index contributed by atoms with van der Waals surface area (Å²) in [5.74, 6) is -0.593. The molecular formula is C11H12N2O2. The Morgan fingerprint density at radius 2 is 2.20 bits per heavy atom. The zero-order valence-electron chi connectivity index (χ0n) is 8.64. The van der Waals surface area contributed by atoms with Gasteiger partial charge >= 0.3 is 5.97 Å². The Balaban J connectivity index is 2.66. The van der Waals surface area contributed by atoms with Crippen molar-refractivity contribution in [1.29, 1.82) is 0 Å². The van der Waals surface area contributed by atoms with E-state index < -0.39 is 5.97 Å². The van der Waals surface area contributed by atoms with Crippen LogP contribution in [0, 0.1) is 0 Å². The van der Waals surface area contributed by atoms with Gasteiger partial charge in [0.15, 0.2) is 0 Å². The molecule has 2 heterocycles. The van der Waals surface area contributed by atoms with E-state index in [1.165, 1.54) is 0 Å². The number of nitrogens with zero attached hydrogens (tertiary/aromatic N) is 2. The van der Waals surface area contributed by atoms with E-state index >= 15 is 0 Å². The number of hydrogen-bond acceptors (Lipinski definition) is 2. The van der Waals surface area contributed by atoms with Crippen molar-refractivity contribution in [1.82, 2.24) is 9.38 Å². The maximum atomic E-state index is 10.8.